The van der Waals surface area contributed by atoms with Crippen LogP contribution >= 0.6 is 0 Å². The Bertz CT molecular complexity index is 506. The highest BCUT2D eigenvalue weighted by Gasteiger charge is 2.55. The number of anilines is 1. The molecule has 0 bridgehead atoms. The molecule has 1 aliphatic heterocycles. The lowest BCUT2D eigenvalue weighted by atomic mass is 10.1. The number of nitrogens with one attached hydrogen (secondary N) is 1. The van der Waals surface area contributed by atoms with Crippen LogP contribution in [0.15, 0.2) is 18.2 Å². The second-order valence-corrected chi connectivity index (χ2v) is 4.26. The predicted octanol–water partition coefficient (Wildman–Crippen LogP) is 2.57. The van der Waals surface area contributed by atoms with E-state index in [2.05, 4.69) is 5.32 Å². The molecule has 1 N–H and O–H groups in total. The molecule has 2 aliphatic rings. The third-order valence-corrected chi connectivity index (χ3v) is 2.98. The Labute approximate surface area is 94.6 Å². The first-order chi connectivity index (χ1) is 7.91. The van der Waals surface area contributed by atoms with Gasteiger partial charge in [0, 0.05) is 12.8 Å². The maximum absolute atomic E-state index is 12.5. The Kier molecular flexibility index (Phi) is 1.80. The van der Waals surface area contributed by atoms with Crippen molar-refractivity contribution < 1.29 is 22.7 Å². The third-order valence-electron chi connectivity index (χ3n) is 2.98. The van der Waals surface area contributed by atoms with Gasteiger partial charge in [-0.25, -0.2) is 0 Å². The highest BCUT2D eigenvalue weighted by atomic mass is 19.4. The van der Waals surface area contributed by atoms with E-state index >= 15 is 0 Å². The highest BCUT2D eigenvalue weighted by Crippen LogP contribution is 2.47. The first kappa shape index (κ1) is 10.4. The number of amides is 1. The van der Waals surface area contributed by atoms with Crippen molar-refractivity contribution in [2.75, 3.05) is 5.32 Å². The Balaban J connectivity index is 2.02. The summed E-state index contributed by atoms with van der Waals surface area (Å²) in [7, 11) is 0. The van der Waals surface area contributed by atoms with E-state index in [9.17, 15) is 18.0 Å². The Morgan fingerprint density at radius 3 is 2.59 bits per heavy atom. The number of rotatable bonds is 0. The second-order valence-electron chi connectivity index (χ2n) is 4.26. The van der Waals surface area contributed by atoms with Gasteiger partial charge in [-0.1, -0.05) is 0 Å². The number of benzene rings is 1. The summed E-state index contributed by atoms with van der Waals surface area (Å²) in [5.74, 6) is -0.179. The average molecular weight is 243 g/mol. The molecule has 1 aliphatic carbocycles. The Hall–Kier alpha value is -1.72. The fraction of sp³-hybridized carbons (Fsp3) is 0.364. The minimum atomic E-state index is -4.41. The maximum atomic E-state index is 12.5. The van der Waals surface area contributed by atoms with Crippen LogP contribution in [0.25, 0.3) is 0 Å². The fourth-order valence-electron chi connectivity index (χ4n) is 1.82. The van der Waals surface area contributed by atoms with Crippen LogP contribution in [-0.4, -0.2) is 11.5 Å². The molecule has 0 atom stereocenters. The topological polar surface area (TPSA) is 38.3 Å². The highest BCUT2D eigenvalue weighted by molar-refractivity contribution is 6.02. The first-order valence-electron chi connectivity index (χ1n) is 5.12. The largest absolute Gasteiger partial charge is 0.475 e. The quantitative estimate of drug-likeness (QED) is 0.760. The van der Waals surface area contributed by atoms with Gasteiger partial charge in [0.25, 0.3) is 5.91 Å². The lowest BCUT2D eigenvalue weighted by Gasteiger charge is -2.26. The van der Waals surface area contributed by atoms with Crippen LogP contribution in [0.5, 0.6) is 5.75 Å². The average Bonchev–Trinajstić information content (AvgIpc) is 2.99. The molecule has 6 heteroatoms. The molecule has 17 heavy (non-hydrogen) atoms. The van der Waals surface area contributed by atoms with Crippen molar-refractivity contribution in [2.24, 2.45) is 0 Å². The molecule has 0 saturated heterocycles. The van der Waals surface area contributed by atoms with Crippen LogP contribution in [0.3, 0.4) is 0 Å². The summed E-state index contributed by atoms with van der Waals surface area (Å²) in [4.78, 5) is 11.6. The van der Waals surface area contributed by atoms with Crippen molar-refractivity contribution in [1.82, 2.24) is 0 Å². The van der Waals surface area contributed by atoms with Crippen LogP contribution < -0.4 is 10.1 Å². The molecule has 1 heterocycles. The molecule has 1 aromatic rings. The zero-order chi connectivity index (χ0) is 12.3. The molecule has 1 saturated carbocycles. The summed E-state index contributed by atoms with van der Waals surface area (Å²) in [5, 5.41) is 2.56. The number of hydrogen-bond donors (Lipinski definition) is 1. The van der Waals surface area contributed by atoms with Crippen molar-refractivity contribution in [3.05, 3.63) is 23.8 Å². The molecule has 1 amide bonds. The number of ether oxygens (including phenoxy) is 1. The standard InChI is InChI=1S/C11H8F3NO2/c12-11(13,14)6-1-2-7-8(5-6)17-10(3-4-10)9(16)15-7/h1-2,5H,3-4H2,(H,15,16). The minimum Gasteiger partial charge on any atom is -0.475 e. The van der Waals surface area contributed by atoms with Crippen molar-refractivity contribution in [3.8, 4) is 5.75 Å². The third kappa shape index (κ3) is 1.55. The number of carbonyl (C=O) groups excluding carboxylic acids is 1. The van der Waals surface area contributed by atoms with Gasteiger partial charge in [-0.3, -0.25) is 4.79 Å². The molecule has 3 nitrogen and oxygen atoms in total. The van der Waals surface area contributed by atoms with Gasteiger partial charge in [0.05, 0.1) is 11.3 Å². The van der Waals surface area contributed by atoms with E-state index in [-0.39, 0.29) is 11.7 Å². The smallest absolute Gasteiger partial charge is 0.416 e. The zero-order valence-corrected chi connectivity index (χ0v) is 8.60. The maximum Gasteiger partial charge on any atom is 0.416 e. The van der Waals surface area contributed by atoms with Crippen LogP contribution in [0, 0.1) is 0 Å². The molecule has 3 rings (SSSR count). The van der Waals surface area contributed by atoms with E-state index in [0.717, 1.165) is 12.1 Å². The summed E-state index contributed by atoms with van der Waals surface area (Å²) in [6.45, 7) is 0. The number of carbonyl (C=O) groups is 1. The summed E-state index contributed by atoms with van der Waals surface area (Å²) >= 11 is 0. The summed E-state index contributed by atoms with van der Waals surface area (Å²) in [5.41, 5.74) is -1.40. The van der Waals surface area contributed by atoms with E-state index in [1.165, 1.54) is 6.07 Å². The van der Waals surface area contributed by atoms with E-state index < -0.39 is 17.3 Å². The molecule has 90 valence electrons. The van der Waals surface area contributed by atoms with Gasteiger partial charge < -0.3 is 10.1 Å². The van der Waals surface area contributed by atoms with Crippen molar-refractivity contribution in [2.45, 2.75) is 24.6 Å². The zero-order valence-electron chi connectivity index (χ0n) is 8.60. The van der Waals surface area contributed by atoms with E-state index in [4.69, 9.17) is 4.74 Å². The van der Waals surface area contributed by atoms with Gasteiger partial charge in [0.1, 0.15) is 5.75 Å². The number of halogens is 3. The fourth-order valence-corrected chi connectivity index (χ4v) is 1.82. The Morgan fingerprint density at radius 1 is 1.29 bits per heavy atom. The van der Waals surface area contributed by atoms with Gasteiger partial charge in [0.2, 0.25) is 0 Å². The van der Waals surface area contributed by atoms with Crippen molar-refractivity contribution >= 4 is 11.6 Å². The SMILES string of the molecule is O=C1Nc2ccc(C(F)(F)F)cc2OC12CC2. The minimum absolute atomic E-state index is 0.0944. The molecule has 1 fully saturated rings. The Morgan fingerprint density at radius 2 is 2.00 bits per heavy atom. The molecule has 0 unspecified atom stereocenters. The van der Waals surface area contributed by atoms with Gasteiger partial charge in [-0.05, 0) is 18.2 Å². The van der Waals surface area contributed by atoms with E-state index in [0.29, 0.717) is 18.5 Å². The number of alkyl halides is 3. The van der Waals surface area contributed by atoms with Crippen LogP contribution in [0.2, 0.25) is 0 Å². The van der Waals surface area contributed by atoms with E-state index in [1.54, 1.807) is 0 Å². The molecule has 1 aromatic carbocycles. The monoisotopic (exact) mass is 243 g/mol. The van der Waals surface area contributed by atoms with Gasteiger partial charge >= 0.3 is 6.18 Å². The van der Waals surface area contributed by atoms with Crippen molar-refractivity contribution in [3.63, 3.8) is 0 Å². The van der Waals surface area contributed by atoms with Crippen molar-refractivity contribution in [1.29, 1.82) is 0 Å². The first-order valence-corrected chi connectivity index (χ1v) is 5.12. The predicted molar refractivity (Wildman–Crippen MR) is 52.7 cm³/mol. The number of fused-ring (bicyclic) bond motifs is 1. The van der Waals surface area contributed by atoms with Crippen LogP contribution in [0.1, 0.15) is 18.4 Å². The van der Waals surface area contributed by atoms with Gasteiger partial charge in [-0.15, -0.1) is 0 Å². The lowest BCUT2D eigenvalue weighted by molar-refractivity contribution is -0.137. The molecule has 0 radical (unpaired) electrons. The summed E-state index contributed by atoms with van der Waals surface area (Å²) < 4.78 is 42.9. The lowest BCUT2D eigenvalue weighted by Crippen LogP contribution is -2.39. The normalized spacial score (nSPS) is 20.5. The number of hydrogen-bond acceptors (Lipinski definition) is 2. The second kappa shape index (κ2) is 2.94. The van der Waals surface area contributed by atoms with Crippen LogP contribution in [0.4, 0.5) is 18.9 Å². The molecular formula is C11H8F3NO2. The summed E-state index contributed by atoms with van der Waals surface area (Å²) in [6, 6.07) is 3.06. The summed E-state index contributed by atoms with van der Waals surface area (Å²) in [6.07, 6.45) is -3.31. The van der Waals surface area contributed by atoms with E-state index in [1.807, 2.05) is 0 Å². The van der Waals surface area contributed by atoms with Crippen LogP contribution in [-0.2, 0) is 11.0 Å². The van der Waals surface area contributed by atoms with Gasteiger partial charge in [0.15, 0.2) is 5.60 Å². The molecular weight excluding hydrogens is 235 g/mol. The van der Waals surface area contributed by atoms with Gasteiger partial charge in [-0.2, -0.15) is 13.2 Å². The molecule has 1 spiro atoms. The molecule has 0 aromatic heterocycles.